The molecular formula is C19H25NO. The van der Waals surface area contributed by atoms with Gasteiger partial charge in [0.1, 0.15) is 5.75 Å². The fourth-order valence-corrected chi connectivity index (χ4v) is 3.19. The number of hydrogen-bond acceptors (Lipinski definition) is 2. The van der Waals surface area contributed by atoms with Crippen molar-refractivity contribution in [2.45, 2.75) is 45.3 Å². The summed E-state index contributed by atoms with van der Waals surface area (Å²) < 4.78 is 6.36. The number of unbranched alkanes of at least 4 members (excludes halogenated alkanes) is 2. The molecule has 0 amide bonds. The summed E-state index contributed by atoms with van der Waals surface area (Å²) in [5.41, 5.74) is 0. The smallest absolute Gasteiger partial charge is 0.152 e. The van der Waals surface area contributed by atoms with Crippen molar-refractivity contribution in [3.05, 3.63) is 42.5 Å². The van der Waals surface area contributed by atoms with E-state index in [1.807, 2.05) is 0 Å². The van der Waals surface area contributed by atoms with Crippen LogP contribution in [-0.2, 0) is 0 Å². The standard InChI is InChI=1S/C19H25NO/c1-2-3-6-14-20-15-8-13-19(20)21-18-12-7-10-16-9-4-5-11-17(16)18/h4-5,7,9-12,19H,2-3,6,8,13-15H2,1H3. The molecule has 0 N–H and O–H groups in total. The second-order valence-corrected chi connectivity index (χ2v) is 5.94. The number of hydrogen-bond donors (Lipinski definition) is 0. The molecule has 112 valence electrons. The lowest BCUT2D eigenvalue weighted by molar-refractivity contribution is 0.0609. The third-order valence-electron chi connectivity index (χ3n) is 4.37. The summed E-state index contributed by atoms with van der Waals surface area (Å²) in [5.74, 6) is 1.03. The highest BCUT2D eigenvalue weighted by Gasteiger charge is 2.25. The van der Waals surface area contributed by atoms with E-state index in [9.17, 15) is 0 Å². The van der Waals surface area contributed by atoms with E-state index in [4.69, 9.17) is 4.74 Å². The van der Waals surface area contributed by atoms with Gasteiger partial charge in [-0.15, -0.1) is 0 Å². The summed E-state index contributed by atoms with van der Waals surface area (Å²) in [6.45, 7) is 4.61. The molecule has 0 saturated carbocycles. The first-order chi connectivity index (χ1) is 10.4. The molecule has 2 aromatic rings. The van der Waals surface area contributed by atoms with E-state index in [-0.39, 0.29) is 6.23 Å². The Kier molecular flexibility index (Phi) is 4.76. The van der Waals surface area contributed by atoms with Gasteiger partial charge in [-0.2, -0.15) is 0 Å². The average molecular weight is 283 g/mol. The van der Waals surface area contributed by atoms with Gasteiger partial charge in [0.25, 0.3) is 0 Å². The van der Waals surface area contributed by atoms with E-state index in [1.165, 1.54) is 49.5 Å². The van der Waals surface area contributed by atoms with Crippen LogP contribution in [0.3, 0.4) is 0 Å². The Balaban J connectivity index is 1.72. The molecule has 2 heteroatoms. The van der Waals surface area contributed by atoms with Gasteiger partial charge >= 0.3 is 0 Å². The Morgan fingerprint density at radius 2 is 1.95 bits per heavy atom. The Hall–Kier alpha value is -1.54. The van der Waals surface area contributed by atoms with E-state index in [2.05, 4.69) is 54.3 Å². The SMILES string of the molecule is CCCCCN1CCCC1Oc1cccc2ccccc12. The lowest BCUT2D eigenvalue weighted by Gasteiger charge is -2.25. The van der Waals surface area contributed by atoms with E-state index in [0.29, 0.717) is 0 Å². The van der Waals surface area contributed by atoms with Crippen LogP contribution in [0.2, 0.25) is 0 Å². The van der Waals surface area contributed by atoms with Crippen molar-refractivity contribution in [1.82, 2.24) is 4.90 Å². The summed E-state index contributed by atoms with van der Waals surface area (Å²) in [6, 6.07) is 14.8. The maximum absolute atomic E-state index is 6.36. The molecule has 1 aliphatic heterocycles. The molecule has 2 nitrogen and oxygen atoms in total. The zero-order chi connectivity index (χ0) is 14.5. The van der Waals surface area contributed by atoms with Gasteiger partial charge < -0.3 is 4.74 Å². The normalized spacial score (nSPS) is 19.2. The van der Waals surface area contributed by atoms with Gasteiger partial charge in [-0.3, -0.25) is 4.90 Å². The lowest BCUT2D eigenvalue weighted by atomic mass is 10.1. The second kappa shape index (κ2) is 6.95. The highest BCUT2D eigenvalue weighted by molar-refractivity contribution is 5.88. The zero-order valence-electron chi connectivity index (χ0n) is 12.9. The third-order valence-corrected chi connectivity index (χ3v) is 4.37. The Morgan fingerprint density at radius 1 is 1.10 bits per heavy atom. The zero-order valence-corrected chi connectivity index (χ0v) is 12.9. The van der Waals surface area contributed by atoms with Crippen LogP contribution in [0, 0.1) is 0 Å². The van der Waals surface area contributed by atoms with Gasteiger partial charge in [0.05, 0.1) is 0 Å². The molecule has 0 spiro atoms. The van der Waals surface area contributed by atoms with Crippen molar-refractivity contribution in [3.63, 3.8) is 0 Å². The molecule has 1 aliphatic rings. The van der Waals surface area contributed by atoms with Crippen molar-refractivity contribution in [1.29, 1.82) is 0 Å². The molecule has 1 saturated heterocycles. The molecule has 3 rings (SSSR count). The third kappa shape index (κ3) is 3.38. The molecule has 1 atom stereocenters. The number of ether oxygens (including phenoxy) is 1. The van der Waals surface area contributed by atoms with Crippen LogP contribution >= 0.6 is 0 Å². The highest BCUT2D eigenvalue weighted by atomic mass is 16.5. The Labute approximate surface area is 127 Å². The maximum atomic E-state index is 6.36. The number of likely N-dealkylation sites (tertiary alicyclic amines) is 1. The summed E-state index contributed by atoms with van der Waals surface area (Å²) in [4.78, 5) is 2.51. The van der Waals surface area contributed by atoms with Crippen LogP contribution < -0.4 is 4.74 Å². The van der Waals surface area contributed by atoms with Crippen LogP contribution in [0.4, 0.5) is 0 Å². The predicted octanol–water partition coefficient (Wildman–Crippen LogP) is 4.83. The topological polar surface area (TPSA) is 12.5 Å². The fraction of sp³-hybridized carbons (Fsp3) is 0.474. The Bertz CT molecular complexity index is 575. The van der Waals surface area contributed by atoms with Crippen LogP contribution in [-0.4, -0.2) is 24.2 Å². The molecule has 0 radical (unpaired) electrons. The molecule has 1 unspecified atom stereocenters. The monoisotopic (exact) mass is 283 g/mol. The minimum atomic E-state index is 0.257. The maximum Gasteiger partial charge on any atom is 0.152 e. The largest absolute Gasteiger partial charge is 0.474 e. The molecule has 1 fully saturated rings. The number of nitrogens with zero attached hydrogens (tertiary/aromatic N) is 1. The quantitative estimate of drug-likeness (QED) is 0.704. The first-order valence-corrected chi connectivity index (χ1v) is 8.27. The van der Waals surface area contributed by atoms with Crippen molar-refractivity contribution in [2.75, 3.05) is 13.1 Å². The number of benzene rings is 2. The van der Waals surface area contributed by atoms with Crippen LogP contribution in [0.15, 0.2) is 42.5 Å². The van der Waals surface area contributed by atoms with Crippen LogP contribution in [0.25, 0.3) is 10.8 Å². The van der Waals surface area contributed by atoms with Gasteiger partial charge in [0.15, 0.2) is 6.23 Å². The predicted molar refractivity (Wildman–Crippen MR) is 88.7 cm³/mol. The van der Waals surface area contributed by atoms with Gasteiger partial charge in [-0.05, 0) is 30.7 Å². The minimum absolute atomic E-state index is 0.257. The molecule has 1 heterocycles. The number of rotatable bonds is 6. The Morgan fingerprint density at radius 3 is 2.86 bits per heavy atom. The van der Waals surface area contributed by atoms with Gasteiger partial charge in [0, 0.05) is 18.5 Å². The molecular weight excluding hydrogens is 258 g/mol. The average Bonchev–Trinajstić information content (AvgIpc) is 2.95. The van der Waals surface area contributed by atoms with Crippen LogP contribution in [0.1, 0.15) is 39.0 Å². The fourth-order valence-electron chi connectivity index (χ4n) is 3.19. The first-order valence-electron chi connectivity index (χ1n) is 8.27. The molecule has 0 bridgehead atoms. The molecule has 0 aliphatic carbocycles. The number of fused-ring (bicyclic) bond motifs is 1. The van der Waals surface area contributed by atoms with E-state index >= 15 is 0 Å². The van der Waals surface area contributed by atoms with Crippen molar-refractivity contribution >= 4 is 10.8 Å². The van der Waals surface area contributed by atoms with Crippen LogP contribution in [0.5, 0.6) is 5.75 Å². The van der Waals surface area contributed by atoms with Gasteiger partial charge in [-0.1, -0.05) is 56.2 Å². The molecule has 21 heavy (non-hydrogen) atoms. The van der Waals surface area contributed by atoms with Crippen molar-refractivity contribution < 1.29 is 4.74 Å². The molecule has 0 aromatic heterocycles. The van der Waals surface area contributed by atoms with E-state index < -0.39 is 0 Å². The second-order valence-electron chi connectivity index (χ2n) is 5.94. The summed E-state index contributed by atoms with van der Waals surface area (Å²) in [7, 11) is 0. The minimum Gasteiger partial charge on any atom is -0.474 e. The summed E-state index contributed by atoms with van der Waals surface area (Å²) in [5, 5.41) is 2.48. The van der Waals surface area contributed by atoms with Crippen molar-refractivity contribution in [2.24, 2.45) is 0 Å². The summed E-state index contributed by atoms with van der Waals surface area (Å²) >= 11 is 0. The van der Waals surface area contributed by atoms with Gasteiger partial charge in [-0.25, -0.2) is 0 Å². The lowest BCUT2D eigenvalue weighted by Crippen LogP contribution is -2.34. The van der Waals surface area contributed by atoms with E-state index in [0.717, 1.165) is 12.2 Å². The first kappa shape index (κ1) is 14.4. The van der Waals surface area contributed by atoms with E-state index in [1.54, 1.807) is 0 Å². The highest BCUT2D eigenvalue weighted by Crippen LogP contribution is 2.29. The summed E-state index contributed by atoms with van der Waals surface area (Å²) in [6.07, 6.45) is 6.54. The van der Waals surface area contributed by atoms with Crippen molar-refractivity contribution in [3.8, 4) is 5.75 Å². The van der Waals surface area contributed by atoms with Gasteiger partial charge in [0.2, 0.25) is 0 Å². The molecule has 2 aromatic carbocycles.